The van der Waals surface area contributed by atoms with Crippen molar-refractivity contribution in [2.75, 3.05) is 26.3 Å². The number of morpholine rings is 1. The molecule has 0 bridgehead atoms. The van der Waals surface area contributed by atoms with Crippen molar-refractivity contribution in [3.05, 3.63) is 95.3 Å². The van der Waals surface area contributed by atoms with Crippen LogP contribution in [-0.2, 0) is 14.8 Å². The fourth-order valence-corrected chi connectivity index (χ4v) is 4.92. The van der Waals surface area contributed by atoms with Gasteiger partial charge >= 0.3 is 5.97 Å². The zero-order valence-corrected chi connectivity index (χ0v) is 19.4. The predicted octanol–water partition coefficient (Wildman–Crippen LogP) is 4.13. The molecule has 9 heteroatoms. The number of nitriles is 1. The highest BCUT2D eigenvalue weighted by atomic mass is 32.2. The first-order valence-corrected chi connectivity index (χ1v) is 12.2. The molecule has 3 aromatic carbocycles. The lowest BCUT2D eigenvalue weighted by atomic mass is 10.0. The molecule has 1 fully saturated rings. The maximum atomic E-state index is 14.0. The molecule has 0 saturated carbocycles. The zero-order valence-electron chi connectivity index (χ0n) is 18.6. The summed E-state index contributed by atoms with van der Waals surface area (Å²) in [7, 11) is -3.65. The first-order chi connectivity index (χ1) is 16.9. The minimum atomic E-state index is -3.65. The molecule has 3 aromatic rings. The predicted molar refractivity (Wildman–Crippen MR) is 127 cm³/mol. The van der Waals surface area contributed by atoms with Crippen molar-refractivity contribution < 1.29 is 27.1 Å². The van der Waals surface area contributed by atoms with Gasteiger partial charge in [-0.1, -0.05) is 30.3 Å². The van der Waals surface area contributed by atoms with E-state index in [0.717, 1.165) is 0 Å². The standard InChI is InChI=1S/C26H21FN2O5S/c27-25-4-2-1-3-24(25)21(18-28)17-19-5-9-22(10-6-19)34-26(30)20-7-11-23(12-8-20)35(31,32)29-13-15-33-16-14-29/h1-12,17H,13-16H2/b21-17-. The highest BCUT2D eigenvalue weighted by molar-refractivity contribution is 7.89. The molecule has 0 atom stereocenters. The van der Waals surface area contributed by atoms with Gasteiger partial charge in [0, 0.05) is 18.7 Å². The van der Waals surface area contributed by atoms with E-state index in [1.165, 1.54) is 46.8 Å². The van der Waals surface area contributed by atoms with Crippen LogP contribution < -0.4 is 4.74 Å². The first-order valence-electron chi connectivity index (χ1n) is 10.8. The van der Waals surface area contributed by atoms with E-state index in [0.29, 0.717) is 18.8 Å². The Morgan fingerprint density at radius 3 is 2.29 bits per heavy atom. The number of sulfonamides is 1. The summed E-state index contributed by atoms with van der Waals surface area (Å²) in [5.74, 6) is -0.871. The third kappa shape index (κ3) is 5.63. The molecule has 0 N–H and O–H groups in total. The largest absolute Gasteiger partial charge is 0.423 e. The monoisotopic (exact) mass is 492 g/mol. The van der Waals surface area contributed by atoms with Crippen molar-refractivity contribution >= 4 is 27.6 Å². The smallest absolute Gasteiger partial charge is 0.343 e. The van der Waals surface area contributed by atoms with Gasteiger partial charge in [-0.2, -0.15) is 9.57 Å². The number of carbonyl (C=O) groups excluding carboxylic acids is 1. The van der Waals surface area contributed by atoms with E-state index in [9.17, 15) is 22.9 Å². The fraction of sp³-hybridized carbons (Fsp3) is 0.154. The molecule has 1 aliphatic heterocycles. The van der Waals surface area contributed by atoms with Crippen molar-refractivity contribution in [3.63, 3.8) is 0 Å². The van der Waals surface area contributed by atoms with E-state index in [-0.39, 0.29) is 40.4 Å². The van der Waals surface area contributed by atoms with Crippen molar-refractivity contribution in [1.29, 1.82) is 5.26 Å². The van der Waals surface area contributed by atoms with Crippen molar-refractivity contribution in [3.8, 4) is 11.8 Å². The molecule has 1 heterocycles. The maximum absolute atomic E-state index is 14.0. The van der Waals surface area contributed by atoms with Crippen LogP contribution in [-0.4, -0.2) is 45.0 Å². The summed E-state index contributed by atoms with van der Waals surface area (Å²) in [6.45, 7) is 1.26. The highest BCUT2D eigenvalue weighted by Crippen LogP contribution is 2.23. The lowest BCUT2D eigenvalue weighted by Crippen LogP contribution is -2.40. The van der Waals surface area contributed by atoms with Crippen LogP contribution in [0.15, 0.2) is 77.7 Å². The van der Waals surface area contributed by atoms with Crippen LogP contribution in [0.1, 0.15) is 21.5 Å². The molecule has 35 heavy (non-hydrogen) atoms. The SMILES string of the molecule is N#C/C(=C/c1ccc(OC(=O)c2ccc(S(=O)(=O)N3CCOCC3)cc2)cc1)c1ccccc1F. The van der Waals surface area contributed by atoms with Gasteiger partial charge in [0.1, 0.15) is 11.6 Å². The van der Waals surface area contributed by atoms with Gasteiger partial charge in [-0.25, -0.2) is 17.6 Å². The lowest BCUT2D eigenvalue weighted by molar-refractivity contribution is 0.0730. The number of rotatable bonds is 6. The number of nitrogens with zero attached hydrogens (tertiary/aromatic N) is 2. The van der Waals surface area contributed by atoms with E-state index < -0.39 is 21.8 Å². The van der Waals surface area contributed by atoms with Crippen molar-refractivity contribution in [2.24, 2.45) is 0 Å². The summed E-state index contributed by atoms with van der Waals surface area (Å²) in [5, 5.41) is 9.41. The molecule has 0 aliphatic carbocycles. The molecule has 0 radical (unpaired) electrons. The Labute approximate surface area is 202 Å². The van der Waals surface area contributed by atoms with E-state index in [4.69, 9.17) is 9.47 Å². The van der Waals surface area contributed by atoms with Crippen LogP contribution in [0.4, 0.5) is 4.39 Å². The van der Waals surface area contributed by atoms with Gasteiger partial charge in [0.2, 0.25) is 10.0 Å². The summed E-state index contributed by atoms with van der Waals surface area (Å²) in [4.78, 5) is 12.6. The summed E-state index contributed by atoms with van der Waals surface area (Å²) in [5.41, 5.74) is 1.19. The Balaban J connectivity index is 1.44. The molecule has 1 aliphatic rings. The van der Waals surface area contributed by atoms with Gasteiger partial charge in [0.25, 0.3) is 0 Å². The van der Waals surface area contributed by atoms with Gasteiger partial charge in [0.15, 0.2) is 0 Å². The Bertz CT molecular complexity index is 1390. The zero-order chi connectivity index (χ0) is 24.8. The van der Waals surface area contributed by atoms with Gasteiger partial charge in [-0.15, -0.1) is 0 Å². The average Bonchev–Trinajstić information content (AvgIpc) is 2.89. The third-order valence-corrected chi connectivity index (χ3v) is 7.30. The molecule has 1 saturated heterocycles. The summed E-state index contributed by atoms with van der Waals surface area (Å²) in [6, 6.07) is 19.9. The van der Waals surface area contributed by atoms with Crippen molar-refractivity contribution in [1.82, 2.24) is 4.31 Å². The molecular weight excluding hydrogens is 471 g/mol. The van der Waals surface area contributed by atoms with E-state index in [1.54, 1.807) is 36.4 Å². The van der Waals surface area contributed by atoms with E-state index >= 15 is 0 Å². The minimum Gasteiger partial charge on any atom is -0.423 e. The van der Waals surface area contributed by atoms with E-state index in [1.807, 2.05) is 6.07 Å². The molecule has 0 spiro atoms. The summed E-state index contributed by atoms with van der Waals surface area (Å²) >= 11 is 0. The highest BCUT2D eigenvalue weighted by Gasteiger charge is 2.26. The number of hydrogen-bond acceptors (Lipinski definition) is 6. The Kier molecular flexibility index (Phi) is 7.36. The quantitative estimate of drug-likeness (QED) is 0.222. The second-order valence-corrected chi connectivity index (χ2v) is 9.59. The number of benzene rings is 3. The number of esters is 1. The summed E-state index contributed by atoms with van der Waals surface area (Å²) < 4.78 is 51.3. The van der Waals surface area contributed by atoms with Crippen LogP contribution >= 0.6 is 0 Å². The molecule has 178 valence electrons. The van der Waals surface area contributed by atoms with Gasteiger partial charge < -0.3 is 9.47 Å². The molecule has 0 amide bonds. The van der Waals surface area contributed by atoms with Crippen LogP contribution in [0.2, 0.25) is 0 Å². The van der Waals surface area contributed by atoms with Crippen molar-refractivity contribution in [2.45, 2.75) is 4.90 Å². The van der Waals surface area contributed by atoms with Crippen LogP contribution in [0.25, 0.3) is 11.6 Å². The number of ether oxygens (including phenoxy) is 2. The molecule has 0 aromatic heterocycles. The third-order valence-electron chi connectivity index (χ3n) is 5.38. The Hall–Kier alpha value is -3.84. The Morgan fingerprint density at radius 1 is 1.00 bits per heavy atom. The second-order valence-electron chi connectivity index (χ2n) is 7.65. The van der Waals surface area contributed by atoms with Crippen LogP contribution in [0.5, 0.6) is 5.75 Å². The number of halogens is 1. The first kappa shape index (κ1) is 24.3. The van der Waals surface area contributed by atoms with E-state index in [2.05, 4.69) is 0 Å². The number of hydrogen-bond donors (Lipinski definition) is 0. The number of allylic oxidation sites excluding steroid dienone is 1. The lowest BCUT2D eigenvalue weighted by Gasteiger charge is -2.26. The molecule has 0 unspecified atom stereocenters. The van der Waals surface area contributed by atoms with Crippen LogP contribution in [0.3, 0.4) is 0 Å². The minimum absolute atomic E-state index is 0.0928. The topological polar surface area (TPSA) is 96.7 Å². The van der Waals surface area contributed by atoms with Crippen LogP contribution in [0, 0.1) is 17.1 Å². The second kappa shape index (κ2) is 10.6. The normalized spacial score (nSPS) is 14.8. The fourth-order valence-electron chi connectivity index (χ4n) is 3.51. The molecular formula is C26H21FN2O5S. The molecule has 4 rings (SSSR count). The maximum Gasteiger partial charge on any atom is 0.343 e. The Morgan fingerprint density at radius 2 is 1.66 bits per heavy atom. The van der Waals surface area contributed by atoms with Gasteiger partial charge in [-0.05, 0) is 54.1 Å². The average molecular weight is 493 g/mol. The summed E-state index contributed by atoms with van der Waals surface area (Å²) in [6.07, 6.45) is 1.54. The molecule has 7 nitrogen and oxygen atoms in total. The number of carbonyl (C=O) groups is 1. The van der Waals surface area contributed by atoms with Gasteiger partial charge in [-0.3, -0.25) is 0 Å². The van der Waals surface area contributed by atoms with Gasteiger partial charge in [0.05, 0.1) is 35.3 Å².